The zero-order valence-electron chi connectivity index (χ0n) is 11.9. The van der Waals surface area contributed by atoms with Crippen molar-refractivity contribution in [3.8, 4) is 0 Å². The molecule has 0 amide bonds. The van der Waals surface area contributed by atoms with Gasteiger partial charge in [0.05, 0.1) is 6.10 Å². The van der Waals surface area contributed by atoms with Gasteiger partial charge in [0.1, 0.15) is 11.6 Å². The molecule has 1 unspecified atom stereocenters. The monoisotopic (exact) mass is 354 g/mol. The van der Waals surface area contributed by atoms with Crippen molar-refractivity contribution < 1.29 is 13.9 Å². The minimum absolute atomic E-state index is 0.198. The molecule has 0 bridgehead atoms. The molecule has 0 aliphatic rings. The van der Waals surface area contributed by atoms with Gasteiger partial charge >= 0.3 is 0 Å². The lowest BCUT2D eigenvalue weighted by atomic mass is 9.77. The zero-order chi connectivity index (χ0) is 15.6. The number of hydrogen-bond donors (Lipinski definition) is 1. The molecule has 2 rings (SSSR count). The Morgan fingerprint density at radius 1 is 1.10 bits per heavy atom. The van der Waals surface area contributed by atoms with Gasteiger partial charge in [-0.05, 0) is 35.4 Å². The minimum Gasteiger partial charge on any atom is -0.392 e. The topological polar surface area (TPSA) is 20.2 Å². The van der Waals surface area contributed by atoms with Crippen LogP contribution < -0.4 is 0 Å². The second-order valence-electron chi connectivity index (χ2n) is 5.68. The molecule has 0 fully saturated rings. The molecule has 21 heavy (non-hydrogen) atoms. The highest BCUT2D eigenvalue weighted by atomic mass is 79.9. The van der Waals surface area contributed by atoms with Crippen LogP contribution >= 0.6 is 15.9 Å². The highest BCUT2D eigenvalue weighted by Gasteiger charge is 2.30. The molecule has 0 heterocycles. The predicted octanol–water partition coefficient (Wildman–Crippen LogP) is 4.61. The lowest BCUT2D eigenvalue weighted by Crippen LogP contribution is -2.35. The molecule has 112 valence electrons. The highest BCUT2D eigenvalue weighted by molar-refractivity contribution is 9.10. The van der Waals surface area contributed by atoms with Gasteiger partial charge in [0, 0.05) is 16.3 Å². The fourth-order valence-corrected chi connectivity index (χ4v) is 2.56. The molecule has 0 aliphatic carbocycles. The number of aliphatic hydroxyl groups excluding tert-OH is 1. The first-order chi connectivity index (χ1) is 9.80. The maximum atomic E-state index is 13.9. The molecule has 0 saturated carbocycles. The summed E-state index contributed by atoms with van der Waals surface area (Å²) < 4.78 is 27.5. The van der Waals surface area contributed by atoms with Crippen LogP contribution in [0.3, 0.4) is 0 Å². The van der Waals surface area contributed by atoms with Crippen molar-refractivity contribution >= 4 is 15.9 Å². The molecular formula is C17H17BrF2O. The van der Waals surface area contributed by atoms with Crippen LogP contribution in [-0.4, -0.2) is 11.2 Å². The van der Waals surface area contributed by atoms with Gasteiger partial charge in [-0.3, -0.25) is 0 Å². The van der Waals surface area contributed by atoms with E-state index in [1.54, 1.807) is 24.3 Å². The first kappa shape index (κ1) is 16.1. The van der Waals surface area contributed by atoms with Crippen LogP contribution in [0.25, 0.3) is 0 Å². The van der Waals surface area contributed by atoms with Gasteiger partial charge < -0.3 is 5.11 Å². The van der Waals surface area contributed by atoms with Crippen molar-refractivity contribution in [3.63, 3.8) is 0 Å². The molecule has 0 radical (unpaired) electrons. The predicted molar refractivity (Wildman–Crippen MR) is 83.2 cm³/mol. The van der Waals surface area contributed by atoms with E-state index in [1.807, 2.05) is 13.8 Å². The first-order valence-corrected chi connectivity index (χ1v) is 7.48. The van der Waals surface area contributed by atoms with Crippen molar-refractivity contribution in [2.75, 3.05) is 0 Å². The van der Waals surface area contributed by atoms with Crippen molar-refractivity contribution in [1.29, 1.82) is 0 Å². The molecule has 1 atom stereocenters. The summed E-state index contributed by atoms with van der Waals surface area (Å²) in [6.45, 7) is 3.73. The summed E-state index contributed by atoms with van der Waals surface area (Å²) in [5, 5.41) is 10.5. The summed E-state index contributed by atoms with van der Waals surface area (Å²) >= 11 is 3.21. The number of aliphatic hydroxyl groups is 1. The second kappa shape index (κ2) is 6.24. The summed E-state index contributed by atoms with van der Waals surface area (Å²) in [4.78, 5) is 0. The van der Waals surface area contributed by atoms with Crippen LogP contribution in [0.1, 0.15) is 25.0 Å². The van der Waals surface area contributed by atoms with E-state index in [4.69, 9.17) is 0 Å². The van der Waals surface area contributed by atoms with Gasteiger partial charge in [0.15, 0.2) is 0 Å². The van der Waals surface area contributed by atoms with Crippen molar-refractivity contribution in [3.05, 3.63) is 69.7 Å². The molecule has 1 N–H and O–H groups in total. The van der Waals surface area contributed by atoms with Crippen LogP contribution in [0.4, 0.5) is 8.78 Å². The quantitative estimate of drug-likeness (QED) is 0.849. The Bertz CT molecular complexity index is 623. The second-order valence-corrected chi connectivity index (χ2v) is 6.60. The fourth-order valence-electron chi connectivity index (χ4n) is 2.22. The van der Waals surface area contributed by atoms with Gasteiger partial charge in [0.2, 0.25) is 0 Å². The van der Waals surface area contributed by atoms with E-state index in [1.165, 1.54) is 18.2 Å². The summed E-state index contributed by atoms with van der Waals surface area (Å²) in [5.41, 5.74) is 0.669. The summed E-state index contributed by atoms with van der Waals surface area (Å²) in [5.74, 6) is -0.665. The maximum absolute atomic E-state index is 13.9. The number of hydrogen-bond acceptors (Lipinski definition) is 1. The first-order valence-electron chi connectivity index (χ1n) is 6.69. The Morgan fingerprint density at radius 2 is 1.71 bits per heavy atom. The standard InChI is InChI=1S/C17H17BrF2O/c1-17(2,12-4-7-14(19)8-5-12)16(21)9-11-3-6-13(18)10-15(11)20/h3-8,10,16,21H,9H2,1-2H3. The summed E-state index contributed by atoms with van der Waals surface area (Å²) in [7, 11) is 0. The van der Waals surface area contributed by atoms with E-state index in [0.717, 1.165) is 5.56 Å². The van der Waals surface area contributed by atoms with E-state index in [2.05, 4.69) is 15.9 Å². The lowest BCUT2D eigenvalue weighted by molar-refractivity contribution is 0.0990. The SMILES string of the molecule is CC(C)(c1ccc(F)cc1)C(O)Cc1ccc(Br)cc1F. The van der Waals surface area contributed by atoms with E-state index >= 15 is 0 Å². The molecule has 0 aliphatic heterocycles. The summed E-state index contributed by atoms with van der Waals surface area (Å²) in [6, 6.07) is 10.8. The largest absolute Gasteiger partial charge is 0.392 e. The van der Waals surface area contributed by atoms with E-state index < -0.39 is 11.5 Å². The van der Waals surface area contributed by atoms with Gasteiger partial charge in [0.25, 0.3) is 0 Å². The maximum Gasteiger partial charge on any atom is 0.127 e. The van der Waals surface area contributed by atoms with E-state index in [9.17, 15) is 13.9 Å². The molecule has 0 aromatic heterocycles. The van der Waals surface area contributed by atoms with Crippen LogP contribution in [0.2, 0.25) is 0 Å². The fraction of sp³-hybridized carbons (Fsp3) is 0.294. The molecule has 1 nitrogen and oxygen atoms in total. The van der Waals surface area contributed by atoms with E-state index in [0.29, 0.717) is 10.0 Å². The zero-order valence-corrected chi connectivity index (χ0v) is 13.5. The van der Waals surface area contributed by atoms with Gasteiger partial charge in [-0.1, -0.05) is 48.0 Å². The van der Waals surface area contributed by atoms with Crippen LogP contribution in [0.5, 0.6) is 0 Å². The molecular weight excluding hydrogens is 338 g/mol. The third-order valence-corrected chi connectivity index (χ3v) is 4.34. The number of rotatable bonds is 4. The molecule has 2 aromatic rings. The van der Waals surface area contributed by atoms with Crippen molar-refractivity contribution in [2.24, 2.45) is 0 Å². The van der Waals surface area contributed by atoms with Gasteiger partial charge in [-0.25, -0.2) is 8.78 Å². The number of halogens is 3. The Morgan fingerprint density at radius 3 is 2.29 bits per heavy atom. The van der Waals surface area contributed by atoms with E-state index in [-0.39, 0.29) is 18.1 Å². The summed E-state index contributed by atoms with van der Waals surface area (Å²) in [6.07, 6.45) is -0.581. The Labute approximate surface area is 131 Å². The average Bonchev–Trinajstić information content (AvgIpc) is 2.42. The minimum atomic E-state index is -0.779. The normalized spacial score (nSPS) is 13.2. The van der Waals surface area contributed by atoms with Crippen molar-refractivity contribution in [1.82, 2.24) is 0 Å². The Kier molecular flexibility index (Phi) is 4.79. The average molecular weight is 355 g/mol. The van der Waals surface area contributed by atoms with Crippen LogP contribution in [0, 0.1) is 11.6 Å². The molecule has 0 spiro atoms. The molecule has 4 heteroatoms. The lowest BCUT2D eigenvalue weighted by Gasteiger charge is -2.31. The van der Waals surface area contributed by atoms with Crippen LogP contribution in [-0.2, 0) is 11.8 Å². The third kappa shape index (κ3) is 3.69. The van der Waals surface area contributed by atoms with Gasteiger partial charge in [-0.2, -0.15) is 0 Å². The molecule has 0 saturated heterocycles. The van der Waals surface area contributed by atoms with Crippen molar-refractivity contribution in [2.45, 2.75) is 31.8 Å². The highest BCUT2D eigenvalue weighted by Crippen LogP contribution is 2.30. The third-order valence-electron chi connectivity index (χ3n) is 3.85. The smallest absolute Gasteiger partial charge is 0.127 e. The van der Waals surface area contributed by atoms with Gasteiger partial charge in [-0.15, -0.1) is 0 Å². The Hall–Kier alpha value is -1.26. The number of benzene rings is 2. The van der Waals surface area contributed by atoms with Crippen LogP contribution in [0.15, 0.2) is 46.9 Å². The molecule has 2 aromatic carbocycles. The Balaban J connectivity index is 2.21.